The number of anilines is 1. The Hall–Kier alpha value is -2.77. The molecule has 0 bridgehead atoms. The molecule has 5 rings (SSSR count). The molecule has 2 atom stereocenters. The van der Waals surface area contributed by atoms with Crippen molar-refractivity contribution < 1.29 is 8.42 Å². The van der Waals surface area contributed by atoms with Crippen LogP contribution in [0.3, 0.4) is 0 Å². The smallest absolute Gasteiger partial charge is 0.243 e. The van der Waals surface area contributed by atoms with Crippen LogP contribution in [0.2, 0.25) is 0 Å². The van der Waals surface area contributed by atoms with Gasteiger partial charge in [-0.05, 0) is 55.9 Å². The average Bonchev–Trinajstić information content (AvgIpc) is 3.06. The van der Waals surface area contributed by atoms with Gasteiger partial charge in [-0.15, -0.1) is 0 Å². The van der Waals surface area contributed by atoms with Crippen molar-refractivity contribution in [3.63, 3.8) is 0 Å². The van der Waals surface area contributed by atoms with E-state index in [4.69, 9.17) is 4.98 Å². The lowest BCUT2D eigenvalue weighted by Gasteiger charge is -2.52. The highest BCUT2D eigenvalue weighted by Gasteiger charge is 2.49. The fraction of sp³-hybridized carbons (Fsp3) is 0.360. The first-order valence-electron chi connectivity index (χ1n) is 11.1. The highest BCUT2D eigenvalue weighted by molar-refractivity contribution is 7.89. The zero-order valence-corrected chi connectivity index (χ0v) is 19.3. The molecule has 0 spiro atoms. The summed E-state index contributed by atoms with van der Waals surface area (Å²) in [5, 5.41) is 0. The minimum Gasteiger partial charge on any atom is -0.355 e. The molecule has 6 nitrogen and oxygen atoms in total. The number of sulfonamides is 1. The summed E-state index contributed by atoms with van der Waals surface area (Å²) in [6, 6.07) is 7.54. The summed E-state index contributed by atoms with van der Waals surface area (Å²) in [6.07, 6.45) is 13.9. The lowest BCUT2D eigenvalue weighted by molar-refractivity contribution is 0.0820. The van der Waals surface area contributed by atoms with Crippen LogP contribution in [0.4, 0.5) is 5.82 Å². The van der Waals surface area contributed by atoms with E-state index in [0.717, 1.165) is 41.9 Å². The zero-order valence-electron chi connectivity index (χ0n) is 18.5. The van der Waals surface area contributed by atoms with Gasteiger partial charge in [0, 0.05) is 37.4 Å². The Balaban J connectivity index is 1.37. The predicted molar refractivity (Wildman–Crippen MR) is 127 cm³/mol. The largest absolute Gasteiger partial charge is 0.355 e. The van der Waals surface area contributed by atoms with Crippen molar-refractivity contribution in [1.82, 2.24) is 14.3 Å². The standard InChI is InChI=1S/C25H28N4O2S/c1-18-9-10-19(2)23(15-18)32(30,31)29-16-21-12-14-28(17-22(21)29)24-11-13-26-25(27-24)20-7-5-3-4-6-8-20/h3-5,7-11,13,15,21-22H,6,12,14,16-17H2,1-2H3. The molecule has 0 amide bonds. The second kappa shape index (κ2) is 8.30. The number of hydrogen-bond donors (Lipinski definition) is 0. The average molecular weight is 449 g/mol. The quantitative estimate of drug-likeness (QED) is 0.710. The Kier molecular flexibility index (Phi) is 5.47. The van der Waals surface area contributed by atoms with E-state index >= 15 is 0 Å². The summed E-state index contributed by atoms with van der Waals surface area (Å²) in [4.78, 5) is 11.9. The van der Waals surface area contributed by atoms with Gasteiger partial charge in [0.2, 0.25) is 10.0 Å². The van der Waals surface area contributed by atoms with E-state index in [1.807, 2.05) is 50.3 Å². The second-order valence-corrected chi connectivity index (χ2v) is 10.7. The minimum absolute atomic E-state index is 0.0201. The highest BCUT2D eigenvalue weighted by atomic mass is 32.2. The molecule has 32 heavy (non-hydrogen) atoms. The molecule has 2 unspecified atom stereocenters. The van der Waals surface area contributed by atoms with Crippen LogP contribution in [0.25, 0.3) is 5.57 Å². The molecule has 2 saturated heterocycles. The van der Waals surface area contributed by atoms with E-state index in [2.05, 4.69) is 22.0 Å². The third kappa shape index (κ3) is 3.80. The molecule has 1 aromatic carbocycles. The van der Waals surface area contributed by atoms with Crippen molar-refractivity contribution in [3.05, 3.63) is 77.8 Å². The van der Waals surface area contributed by atoms with Crippen LogP contribution in [-0.2, 0) is 10.0 Å². The predicted octanol–water partition coefficient (Wildman–Crippen LogP) is 3.89. The van der Waals surface area contributed by atoms with Gasteiger partial charge in [0.05, 0.1) is 4.90 Å². The maximum Gasteiger partial charge on any atom is 0.243 e. The van der Waals surface area contributed by atoms with Crippen LogP contribution >= 0.6 is 0 Å². The Labute approximate surface area is 190 Å². The number of benzene rings is 1. The van der Waals surface area contributed by atoms with Crippen LogP contribution < -0.4 is 4.90 Å². The molecule has 0 saturated carbocycles. The molecule has 2 fully saturated rings. The molecule has 1 aliphatic carbocycles. The topological polar surface area (TPSA) is 66.4 Å². The highest BCUT2D eigenvalue weighted by Crippen LogP contribution is 2.38. The Morgan fingerprint density at radius 3 is 2.84 bits per heavy atom. The van der Waals surface area contributed by atoms with Gasteiger partial charge in [-0.3, -0.25) is 0 Å². The second-order valence-electron chi connectivity index (χ2n) is 8.83. The van der Waals surface area contributed by atoms with E-state index in [0.29, 0.717) is 29.7 Å². The van der Waals surface area contributed by atoms with Crippen LogP contribution in [0.5, 0.6) is 0 Å². The maximum absolute atomic E-state index is 13.4. The number of piperidine rings is 1. The van der Waals surface area contributed by atoms with Crippen molar-refractivity contribution in [2.45, 2.75) is 37.6 Å². The number of rotatable bonds is 4. The van der Waals surface area contributed by atoms with Crippen LogP contribution in [0.15, 0.2) is 65.7 Å². The lowest BCUT2D eigenvalue weighted by atomic mass is 9.85. The van der Waals surface area contributed by atoms with Gasteiger partial charge in [0.1, 0.15) is 5.82 Å². The molecule has 3 heterocycles. The minimum atomic E-state index is -3.51. The number of hydrogen-bond acceptors (Lipinski definition) is 5. The number of fused-ring (bicyclic) bond motifs is 1. The number of nitrogens with zero attached hydrogens (tertiary/aromatic N) is 4. The van der Waals surface area contributed by atoms with Gasteiger partial charge in [-0.25, -0.2) is 18.4 Å². The van der Waals surface area contributed by atoms with Crippen molar-refractivity contribution >= 4 is 21.4 Å². The zero-order chi connectivity index (χ0) is 22.3. The normalized spacial score (nSPS) is 23.3. The van der Waals surface area contributed by atoms with E-state index in [9.17, 15) is 8.42 Å². The third-order valence-corrected chi connectivity index (χ3v) is 8.69. The van der Waals surface area contributed by atoms with Crippen molar-refractivity contribution in [2.24, 2.45) is 5.92 Å². The third-order valence-electron chi connectivity index (χ3n) is 6.66. The molecule has 3 aliphatic rings. The lowest BCUT2D eigenvalue weighted by Crippen LogP contribution is -2.65. The summed E-state index contributed by atoms with van der Waals surface area (Å²) in [5.41, 5.74) is 2.77. The van der Waals surface area contributed by atoms with Crippen molar-refractivity contribution in [1.29, 1.82) is 0 Å². The first-order chi connectivity index (χ1) is 15.4. The SMILES string of the molecule is Cc1ccc(C)c(S(=O)(=O)N2CC3CCN(c4ccnc(C5=CCC=CC=C5)n4)CC32)c1. The maximum atomic E-state index is 13.4. The van der Waals surface area contributed by atoms with Gasteiger partial charge in [0.15, 0.2) is 5.82 Å². The Bertz CT molecular complexity index is 1230. The Morgan fingerprint density at radius 2 is 1.97 bits per heavy atom. The molecule has 7 heteroatoms. The number of allylic oxidation sites excluding steroid dienone is 6. The van der Waals surface area contributed by atoms with Gasteiger partial charge in [0.25, 0.3) is 0 Å². The number of aryl methyl sites for hydroxylation is 2. The number of aromatic nitrogens is 2. The van der Waals surface area contributed by atoms with Gasteiger partial charge < -0.3 is 4.90 Å². The molecule has 0 N–H and O–H groups in total. The molecule has 1 aromatic heterocycles. The summed E-state index contributed by atoms with van der Waals surface area (Å²) in [6.45, 7) is 5.94. The molecule has 2 aromatic rings. The first-order valence-corrected chi connectivity index (χ1v) is 12.6. The molecule has 166 valence electrons. The van der Waals surface area contributed by atoms with Crippen LogP contribution in [0, 0.1) is 19.8 Å². The van der Waals surface area contributed by atoms with Gasteiger partial charge in [-0.1, -0.05) is 42.5 Å². The van der Waals surface area contributed by atoms with Crippen LogP contribution in [0.1, 0.15) is 29.8 Å². The summed E-state index contributed by atoms with van der Waals surface area (Å²) >= 11 is 0. The summed E-state index contributed by atoms with van der Waals surface area (Å²) in [5.74, 6) is 1.97. The van der Waals surface area contributed by atoms with E-state index in [1.54, 1.807) is 16.6 Å². The van der Waals surface area contributed by atoms with Gasteiger partial charge in [-0.2, -0.15) is 4.31 Å². The fourth-order valence-electron chi connectivity index (χ4n) is 4.75. The fourth-order valence-corrected chi connectivity index (χ4v) is 6.80. The molecular weight excluding hydrogens is 420 g/mol. The van der Waals surface area contributed by atoms with E-state index < -0.39 is 10.0 Å². The van der Waals surface area contributed by atoms with E-state index in [1.165, 1.54) is 0 Å². The van der Waals surface area contributed by atoms with Crippen LogP contribution in [-0.4, -0.2) is 48.4 Å². The Morgan fingerprint density at radius 1 is 1.09 bits per heavy atom. The van der Waals surface area contributed by atoms with Gasteiger partial charge >= 0.3 is 0 Å². The molecular formula is C25H28N4O2S. The first kappa shape index (κ1) is 21.1. The van der Waals surface area contributed by atoms with Crippen molar-refractivity contribution in [3.8, 4) is 0 Å². The summed E-state index contributed by atoms with van der Waals surface area (Å²) < 4.78 is 28.6. The monoisotopic (exact) mass is 448 g/mol. The summed E-state index contributed by atoms with van der Waals surface area (Å²) in [7, 11) is -3.51. The molecule has 0 radical (unpaired) electrons. The van der Waals surface area contributed by atoms with E-state index in [-0.39, 0.29) is 6.04 Å². The molecule has 2 aliphatic heterocycles. The van der Waals surface area contributed by atoms with Crippen molar-refractivity contribution in [2.75, 3.05) is 24.5 Å².